The van der Waals surface area contributed by atoms with Crippen LogP contribution in [0, 0.1) is 5.41 Å². The van der Waals surface area contributed by atoms with Gasteiger partial charge < -0.3 is 15.0 Å². The first kappa shape index (κ1) is 22.3. The Morgan fingerprint density at radius 3 is 2.50 bits per heavy atom. The smallest absolute Gasteiger partial charge is 0.268 e. The fourth-order valence-corrected chi connectivity index (χ4v) is 4.76. The topological polar surface area (TPSA) is 80.6 Å². The zero-order valence-corrected chi connectivity index (χ0v) is 19.2. The van der Waals surface area contributed by atoms with Gasteiger partial charge in [0.05, 0.1) is 12.8 Å². The fraction of sp³-hybridized carbons (Fsp3) is 0.480. The summed E-state index contributed by atoms with van der Waals surface area (Å²) in [5, 5.41) is 3.02. The van der Waals surface area contributed by atoms with Crippen molar-refractivity contribution in [2.24, 2.45) is 5.41 Å². The van der Waals surface area contributed by atoms with Gasteiger partial charge >= 0.3 is 0 Å². The van der Waals surface area contributed by atoms with E-state index in [1.54, 1.807) is 19.2 Å². The molecular formula is C25H31N3O4. The molecule has 1 fully saturated rings. The first-order valence-corrected chi connectivity index (χ1v) is 11.1. The molecule has 7 nitrogen and oxygen atoms in total. The van der Waals surface area contributed by atoms with Crippen molar-refractivity contribution >= 4 is 11.7 Å². The molecule has 32 heavy (non-hydrogen) atoms. The van der Waals surface area contributed by atoms with Gasteiger partial charge in [0, 0.05) is 23.7 Å². The Hall–Kier alpha value is -2.93. The summed E-state index contributed by atoms with van der Waals surface area (Å²) in [6, 6.07) is 8.72. The van der Waals surface area contributed by atoms with Crippen LogP contribution in [-0.2, 0) is 6.42 Å². The van der Waals surface area contributed by atoms with Gasteiger partial charge in [-0.05, 0) is 63.0 Å². The minimum absolute atomic E-state index is 0.00152. The number of rotatable bonds is 4. The third-order valence-electron chi connectivity index (χ3n) is 6.51. The van der Waals surface area contributed by atoms with E-state index in [1.807, 2.05) is 26.0 Å². The number of fused-ring (bicyclic) bond motifs is 1. The molecule has 1 aromatic heterocycles. The largest absolute Gasteiger partial charge is 0.495 e. The van der Waals surface area contributed by atoms with Gasteiger partial charge in [-0.3, -0.25) is 19.0 Å². The van der Waals surface area contributed by atoms with Gasteiger partial charge in [-0.25, -0.2) is 0 Å². The molecule has 0 radical (unpaired) electrons. The van der Waals surface area contributed by atoms with Crippen LogP contribution in [0.25, 0.3) is 5.69 Å². The number of pyridine rings is 1. The number of nitrogens with one attached hydrogen (secondary N) is 1. The van der Waals surface area contributed by atoms with E-state index < -0.39 is 11.5 Å². The van der Waals surface area contributed by atoms with Crippen LogP contribution in [0.15, 0.2) is 35.1 Å². The molecule has 2 heterocycles. The average molecular weight is 438 g/mol. The number of para-hydroxylation sites is 2. The van der Waals surface area contributed by atoms with Crippen molar-refractivity contribution in [1.82, 2.24) is 14.8 Å². The molecule has 1 amide bonds. The number of piperidine rings is 1. The molecule has 170 valence electrons. The van der Waals surface area contributed by atoms with E-state index in [1.165, 1.54) is 10.6 Å². The zero-order valence-electron chi connectivity index (χ0n) is 19.2. The average Bonchev–Trinajstić information content (AvgIpc) is 2.74. The van der Waals surface area contributed by atoms with Crippen LogP contribution in [0.2, 0.25) is 0 Å². The number of nitrogens with zero attached hydrogens (tertiary/aromatic N) is 2. The van der Waals surface area contributed by atoms with Gasteiger partial charge in [-0.15, -0.1) is 0 Å². The lowest BCUT2D eigenvalue weighted by atomic mass is 9.75. The molecule has 0 saturated carbocycles. The highest BCUT2D eigenvalue weighted by molar-refractivity contribution is 6.02. The van der Waals surface area contributed by atoms with E-state index in [2.05, 4.69) is 17.3 Å². The highest BCUT2D eigenvalue weighted by Crippen LogP contribution is 2.36. The Morgan fingerprint density at radius 2 is 1.81 bits per heavy atom. The SMILES string of the molecule is COc1ccccc1-n1c2c(cc(C(=O)NC3CCN(C)CC3)c1=O)C(=O)CC(C)(C)C2. The summed E-state index contributed by atoms with van der Waals surface area (Å²) in [6.45, 7) is 5.83. The van der Waals surface area contributed by atoms with Gasteiger partial charge in [-0.1, -0.05) is 26.0 Å². The minimum atomic E-state index is -0.427. The summed E-state index contributed by atoms with van der Waals surface area (Å²) < 4.78 is 7.02. The molecule has 2 aliphatic rings. The van der Waals surface area contributed by atoms with Crippen molar-refractivity contribution in [3.8, 4) is 11.4 Å². The number of carbonyl (C=O) groups excluding carboxylic acids is 2. The van der Waals surface area contributed by atoms with Crippen LogP contribution in [0.4, 0.5) is 0 Å². The predicted octanol–water partition coefficient (Wildman–Crippen LogP) is 2.83. The number of likely N-dealkylation sites (tertiary alicyclic amines) is 1. The molecule has 1 aliphatic heterocycles. The number of hydrogen-bond donors (Lipinski definition) is 1. The van der Waals surface area contributed by atoms with Crippen molar-refractivity contribution < 1.29 is 14.3 Å². The summed E-state index contributed by atoms with van der Waals surface area (Å²) in [4.78, 5) is 42.2. The second-order valence-electron chi connectivity index (χ2n) is 9.72. The molecule has 7 heteroatoms. The number of hydrogen-bond acceptors (Lipinski definition) is 5. The first-order chi connectivity index (χ1) is 15.2. The number of amides is 1. The maximum absolute atomic E-state index is 13.7. The van der Waals surface area contributed by atoms with E-state index in [4.69, 9.17) is 4.74 Å². The minimum Gasteiger partial charge on any atom is -0.495 e. The lowest BCUT2D eigenvalue weighted by Gasteiger charge is -2.33. The molecule has 0 spiro atoms. The van der Waals surface area contributed by atoms with Crippen LogP contribution in [-0.4, -0.2) is 54.4 Å². The summed E-state index contributed by atoms with van der Waals surface area (Å²) in [6.07, 6.45) is 2.60. The van der Waals surface area contributed by atoms with Crippen molar-refractivity contribution in [3.63, 3.8) is 0 Å². The lowest BCUT2D eigenvalue weighted by molar-refractivity contribution is 0.0908. The molecule has 0 bridgehead atoms. The van der Waals surface area contributed by atoms with Crippen molar-refractivity contribution in [2.75, 3.05) is 27.2 Å². The molecule has 0 unspecified atom stereocenters. The van der Waals surface area contributed by atoms with Gasteiger partial charge in [0.1, 0.15) is 11.3 Å². The van der Waals surface area contributed by atoms with Crippen molar-refractivity contribution in [1.29, 1.82) is 0 Å². The monoisotopic (exact) mass is 437 g/mol. The van der Waals surface area contributed by atoms with Crippen LogP contribution < -0.4 is 15.6 Å². The van der Waals surface area contributed by atoms with E-state index in [9.17, 15) is 14.4 Å². The van der Waals surface area contributed by atoms with Gasteiger partial charge in [0.15, 0.2) is 5.78 Å². The quantitative estimate of drug-likeness (QED) is 0.796. The normalized spacial score (nSPS) is 18.8. The van der Waals surface area contributed by atoms with Crippen LogP contribution in [0.5, 0.6) is 5.75 Å². The Labute approximate surface area is 188 Å². The number of ketones is 1. The second-order valence-corrected chi connectivity index (χ2v) is 9.72. The maximum atomic E-state index is 13.7. The highest BCUT2D eigenvalue weighted by Gasteiger charge is 2.35. The summed E-state index contributed by atoms with van der Waals surface area (Å²) in [5.41, 5.74) is 0.916. The second kappa shape index (κ2) is 8.54. The fourth-order valence-electron chi connectivity index (χ4n) is 4.76. The van der Waals surface area contributed by atoms with Crippen molar-refractivity contribution in [2.45, 2.75) is 45.6 Å². The Bertz CT molecular complexity index is 1110. The van der Waals surface area contributed by atoms with E-state index in [0.29, 0.717) is 35.5 Å². The number of carbonyl (C=O) groups is 2. The van der Waals surface area contributed by atoms with Crippen LogP contribution >= 0.6 is 0 Å². The van der Waals surface area contributed by atoms with E-state index in [-0.39, 0.29) is 22.8 Å². The van der Waals surface area contributed by atoms with E-state index >= 15 is 0 Å². The molecule has 1 N–H and O–H groups in total. The molecule has 0 atom stereocenters. The molecule has 1 aromatic carbocycles. The summed E-state index contributed by atoms with van der Waals surface area (Å²) >= 11 is 0. The Kier molecular flexibility index (Phi) is 5.95. The zero-order chi connectivity index (χ0) is 23.0. The Balaban J connectivity index is 1.84. The Morgan fingerprint density at radius 1 is 1.12 bits per heavy atom. The molecule has 1 aliphatic carbocycles. The molecular weight excluding hydrogens is 406 g/mol. The lowest BCUT2D eigenvalue weighted by Crippen LogP contribution is -2.45. The third-order valence-corrected chi connectivity index (χ3v) is 6.51. The molecule has 2 aromatic rings. The van der Waals surface area contributed by atoms with Gasteiger partial charge in [0.2, 0.25) is 0 Å². The van der Waals surface area contributed by atoms with Gasteiger partial charge in [0.25, 0.3) is 11.5 Å². The highest BCUT2D eigenvalue weighted by atomic mass is 16.5. The molecule has 1 saturated heterocycles. The number of methoxy groups -OCH3 is 1. The van der Waals surface area contributed by atoms with Crippen LogP contribution in [0.3, 0.4) is 0 Å². The third kappa shape index (κ3) is 4.21. The van der Waals surface area contributed by atoms with Crippen LogP contribution in [0.1, 0.15) is 59.5 Å². The standard InChI is InChI=1S/C25H31N3O4/c1-25(2)14-20-17(21(29)15-25)13-18(23(30)26-16-9-11-27(3)12-10-16)24(31)28(20)19-7-5-6-8-22(19)32-4/h5-8,13,16H,9-12,14-15H2,1-4H3,(H,26,30). The number of Topliss-reactive ketones (excluding diaryl/α,β-unsaturated/α-hetero) is 1. The number of ether oxygens (including phenoxy) is 1. The first-order valence-electron chi connectivity index (χ1n) is 11.1. The molecule has 4 rings (SSSR count). The summed E-state index contributed by atoms with van der Waals surface area (Å²) in [5.74, 6) is 0.0439. The van der Waals surface area contributed by atoms with E-state index in [0.717, 1.165) is 25.9 Å². The van der Waals surface area contributed by atoms with Crippen molar-refractivity contribution in [3.05, 3.63) is 57.5 Å². The maximum Gasteiger partial charge on any atom is 0.268 e. The van der Waals surface area contributed by atoms with Gasteiger partial charge in [-0.2, -0.15) is 0 Å². The number of benzene rings is 1. The predicted molar refractivity (Wildman–Crippen MR) is 123 cm³/mol. The summed E-state index contributed by atoms with van der Waals surface area (Å²) in [7, 11) is 3.60. The number of aromatic nitrogens is 1.